The Balaban J connectivity index is 2.88. The molecule has 0 amide bonds. The standard InChI is InChI=1S/C10H14BrNO/c1-7-2-3-8(9(11)6-7)10(12)4-5-13/h2-3,6,10,13H,4-5,12H2,1H3/t10-/m0/s1. The van der Waals surface area contributed by atoms with Crippen LogP contribution in [0, 0.1) is 6.92 Å². The summed E-state index contributed by atoms with van der Waals surface area (Å²) in [5.74, 6) is 0. The number of aliphatic hydroxyl groups excluding tert-OH is 1. The molecule has 1 aromatic rings. The van der Waals surface area contributed by atoms with Crippen molar-refractivity contribution < 1.29 is 5.11 Å². The summed E-state index contributed by atoms with van der Waals surface area (Å²) >= 11 is 3.46. The second-order valence-electron chi connectivity index (χ2n) is 3.14. The van der Waals surface area contributed by atoms with E-state index in [-0.39, 0.29) is 12.6 Å². The van der Waals surface area contributed by atoms with Crippen molar-refractivity contribution in [1.82, 2.24) is 0 Å². The average Bonchev–Trinajstić information content (AvgIpc) is 2.04. The highest BCUT2D eigenvalue weighted by molar-refractivity contribution is 9.10. The Bertz CT molecular complexity index is 288. The maximum atomic E-state index is 8.75. The smallest absolute Gasteiger partial charge is 0.0449 e. The first-order valence-corrected chi connectivity index (χ1v) is 5.07. The molecule has 0 aliphatic rings. The molecule has 0 aromatic heterocycles. The van der Waals surface area contributed by atoms with Crippen LogP contribution < -0.4 is 5.73 Å². The summed E-state index contributed by atoms with van der Waals surface area (Å²) in [6.07, 6.45) is 0.599. The topological polar surface area (TPSA) is 46.2 Å². The van der Waals surface area contributed by atoms with Crippen molar-refractivity contribution in [3.63, 3.8) is 0 Å². The van der Waals surface area contributed by atoms with Gasteiger partial charge in [0.25, 0.3) is 0 Å². The summed E-state index contributed by atoms with van der Waals surface area (Å²) in [5.41, 5.74) is 8.12. The molecule has 1 aromatic carbocycles. The molecule has 0 aliphatic carbocycles. The van der Waals surface area contributed by atoms with Gasteiger partial charge in [-0.25, -0.2) is 0 Å². The van der Waals surface area contributed by atoms with E-state index in [2.05, 4.69) is 15.9 Å². The number of hydrogen-bond acceptors (Lipinski definition) is 2. The average molecular weight is 244 g/mol. The summed E-state index contributed by atoms with van der Waals surface area (Å²) < 4.78 is 1.02. The van der Waals surface area contributed by atoms with Crippen LogP contribution in [0.2, 0.25) is 0 Å². The van der Waals surface area contributed by atoms with Gasteiger partial charge in [-0.15, -0.1) is 0 Å². The zero-order chi connectivity index (χ0) is 9.84. The molecule has 13 heavy (non-hydrogen) atoms. The predicted molar refractivity (Wildman–Crippen MR) is 57.5 cm³/mol. The van der Waals surface area contributed by atoms with Crippen molar-refractivity contribution in [2.24, 2.45) is 5.73 Å². The molecule has 0 aliphatic heterocycles. The minimum atomic E-state index is -0.0834. The molecule has 1 rings (SSSR count). The monoisotopic (exact) mass is 243 g/mol. The summed E-state index contributed by atoms with van der Waals surface area (Å²) in [6, 6.07) is 5.98. The van der Waals surface area contributed by atoms with Crippen LogP contribution in [0.25, 0.3) is 0 Å². The fraction of sp³-hybridized carbons (Fsp3) is 0.400. The summed E-state index contributed by atoms with van der Waals surface area (Å²) in [6.45, 7) is 2.16. The quantitative estimate of drug-likeness (QED) is 0.855. The second-order valence-corrected chi connectivity index (χ2v) is 4.00. The highest BCUT2D eigenvalue weighted by Gasteiger charge is 2.08. The van der Waals surface area contributed by atoms with Gasteiger partial charge in [-0.1, -0.05) is 28.1 Å². The van der Waals surface area contributed by atoms with Crippen molar-refractivity contribution in [3.8, 4) is 0 Å². The third-order valence-electron chi connectivity index (χ3n) is 2.00. The lowest BCUT2D eigenvalue weighted by atomic mass is 10.0. The Labute approximate surface area is 86.9 Å². The van der Waals surface area contributed by atoms with Crippen molar-refractivity contribution in [2.45, 2.75) is 19.4 Å². The largest absolute Gasteiger partial charge is 0.396 e. The first-order chi connectivity index (χ1) is 6.15. The summed E-state index contributed by atoms with van der Waals surface area (Å²) in [7, 11) is 0. The highest BCUT2D eigenvalue weighted by atomic mass is 79.9. The van der Waals surface area contributed by atoms with Gasteiger partial charge in [-0.05, 0) is 30.5 Å². The van der Waals surface area contributed by atoms with Gasteiger partial charge in [0, 0.05) is 17.1 Å². The van der Waals surface area contributed by atoms with E-state index >= 15 is 0 Å². The molecule has 0 bridgehead atoms. The number of benzene rings is 1. The lowest BCUT2D eigenvalue weighted by Gasteiger charge is -2.12. The second kappa shape index (κ2) is 4.74. The molecule has 72 valence electrons. The predicted octanol–water partition coefficient (Wildman–Crippen LogP) is 2.14. The van der Waals surface area contributed by atoms with Gasteiger partial charge in [0.1, 0.15) is 0 Å². The van der Waals surface area contributed by atoms with E-state index in [1.165, 1.54) is 5.56 Å². The van der Waals surface area contributed by atoms with Crippen LogP contribution in [-0.4, -0.2) is 11.7 Å². The molecule has 0 spiro atoms. The van der Waals surface area contributed by atoms with Crippen molar-refractivity contribution in [1.29, 1.82) is 0 Å². The molecule has 1 atom stereocenters. The van der Waals surface area contributed by atoms with Crippen molar-refractivity contribution in [3.05, 3.63) is 33.8 Å². The van der Waals surface area contributed by atoms with Crippen LogP contribution in [-0.2, 0) is 0 Å². The van der Waals surface area contributed by atoms with Crippen LogP contribution in [0.5, 0.6) is 0 Å². The molecule has 0 saturated carbocycles. The zero-order valence-corrected chi connectivity index (χ0v) is 9.21. The van der Waals surface area contributed by atoms with E-state index in [9.17, 15) is 0 Å². The van der Waals surface area contributed by atoms with E-state index in [4.69, 9.17) is 10.8 Å². The van der Waals surface area contributed by atoms with Crippen LogP contribution in [0.1, 0.15) is 23.6 Å². The van der Waals surface area contributed by atoms with Crippen molar-refractivity contribution >= 4 is 15.9 Å². The minimum Gasteiger partial charge on any atom is -0.396 e. The molecule has 0 radical (unpaired) electrons. The minimum absolute atomic E-state index is 0.0834. The van der Waals surface area contributed by atoms with Gasteiger partial charge in [0.05, 0.1) is 0 Å². The van der Waals surface area contributed by atoms with Gasteiger partial charge in [-0.2, -0.15) is 0 Å². The van der Waals surface area contributed by atoms with E-state index in [0.29, 0.717) is 6.42 Å². The SMILES string of the molecule is Cc1ccc([C@@H](N)CCO)c(Br)c1. The van der Waals surface area contributed by atoms with Crippen LogP contribution in [0.3, 0.4) is 0 Å². The number of aliphatic hydroxyl groups is 1. The van der Waals surface area contributed by atoms with Gasteiger partial charge >= 0.3 is 0 Å². The third-order valence-corrected chi connectivity index (χ3v) is 2.68. The summed E-state index contributed by atoms with van der Waals surface area (Å²) in [4.78, 5) is 0. The maximum absolute atomic E-state index is 8.75. The van der Waals surface area contributed by atoms with E-state index in [1.54, 1.807) is 0 Å². The highest BCUT2D eigenvalue weighted by Crippen LogP contribution is 2.24. The molecular weight excluding hydrogens is 230 g/mol. The van der Waals surface area contributed by atoms with Crippen LogP contribution in [0.15, 0.2) is 22.7 Å². The molecular formula is C10H14BrNO. The molecule has 0 heterocycles. The molecule has 0 saturated heterocycles. The van der Waals surface area contributed by atoms with Gasteiger partial charge in [0.2, 0.25) is 0 Å². The third kappa shape index (κ3) is 2.79. The number of hydrogen-bond donors (Lipinski definition) is 2. The Hall–Kier alpha value is -0.380. The normalized spacial score (nSPS) is 12.9. The molecule has 3 heteroatoms. The summed E-state index contributed by atoms with van der Waals surface area (Å²) in [5, 5.41) is 8.75. The first kappa shape index (κ1) is 10.7. The maximum Gasteiger partial charge on any atom is 0.0449 e. The van der Waals surface area contributed by atoms with Crippen LogP contribution >= 0.6 is 15.9 Å². The molecule has 0 fully saturated rings. The Morgan fingerprint density at radius 3 is 2.77 bits per heavy atom. The Morgan fingerprint density at radius 1 is 1.54 bits per heavy atom. The zero-order valence-electron chi connectivity index (χ0n) is 7.63. The Kier molecular flexibility index (Phi) is 3.90. The number of halogens is 1. The van der Waals surface area contributed by atoms with E-state index in [1.807, 2.05) is 25.1 Å². The number of rotatable bonds is 3. The molecule has 0 unspecified atom stereocenters. The van der Waals surface area contributed by atoms with Gasteiger partial charge in [-0.3, -0.25) is 0 Å². The lowest BCUT2D eigenvalue weighted by Crippen LogP contribution is -2.12. The fourth-order valence-corrected chi connectivity index (χ4v) is 2.01. The van der Waals surface area contributed by atoms with Gasteiger partial charge in [0.15, 0.2) is 0 Å². The molecule has 2 nitrogen and oxygen atoms in total. The lowest BCUT2D eigenvalue weighted by molar-refractivity contribution is 0.276. The van der Waals surface area contributed by atoms with E-state index in [0.717, 1.165) is 10.0 Å². The van der Waals surface area contributed by atoms with E-state index < -0.39 is 0 Å². The fourth-order valence-electron chi connectivity index (χ4n) is 1.23. The van der Waals surface area contributed by atoms with Crippen LogP contribution in [0.4, 0.5) is 0 Å². The van der Waals surface area contributed by atoms with Crippen molar-refractivity contribution in [2.75, 3.05) is 6.61 Å². The first-order valence-electron chi connectivity index (χ1n) is 4.27. The Morgan fingerprint density at radius 2 is 2.23 bits per heavy atom. The van der Waals surface area contributed by atoms with Gasteiger partial charge < -0.3 is 10.8 Å². The number of nitrogens with two attached hydrogens (primary N) is 1. The molecule has 3 N–H and O–H groups in total. The number of aryl methyl sites for hydroxylation is 1.